The largest absolute Gasteiger partial charge is 0.480 e. The number of rotatable bonds is 13. The Kier molecular flexibility index (Phi) is 12.4. The van der Waals surface area contributed by atoms with Crippen LogP contribution >= 0.6 is 0 Å². The summed E-state index contributed by atoms with van der Waals surface area (Å²) in [6.07, 6.45) is 8.80. The summed E-state index contributed by atoms with van der Waals surface area (Å²) in [4.78, 5) is 36.9. The zero-order valence-electron chi connectivity index (χ0n) is 18.9. The number of hydrogen-bond donors (Lipinski definition) is 5. The van der Waals surface area contributed by atoms with Gasteiger partial charge >= 0.3 is 12.0 Å². The second-order valence-electron chi connectivity index (χ2n) is 8.77. The Balaban J connectivity index is 2.75. The van der Waals surface area contributed by atoms with E-state index in [-0.39, 0.29) is 11.9 Å². The second-order valence-corrected chi connectivity index (χ2v) is 8.77. The lowest BCUT2D eigenvalue weighted by Gasteiger charge is -2.29. The van der Waals surface area contributed by atoms with Crippen LogP contribution in [0.25, 0.3) is 0 Å². The molecule has 6 N–H and O–H groups in total. The Morgan fingerprint density at radius 1 is 1.00 bits per heavy atom. The van der Waals surface area contributed by atoms with Crippen molar-refractivity contribution in [3.8, 4) is 0 Å². The molecule has 0 saturated heterocycles. The highest BCUT2D eigenvalue weighted by atomic mass is 16.4. The fourth-order valence-corrected chi connectivity index (χ4v) is 3.92. The number of carbonyl (C=O) groups is 3. The molecule has 4 atom stereocenters. The number of carboxylic acids is 1. The monoisotopic (exact) mass is 426 g/mol. The number of amides is 3. The van der Waals surface area contributed by atoms with Gasteiger partial charge in [-0.25, -0.2) is 9.59 Å². The highest BCUT2D eigenvalue weighted by Gasteiger charge is 2.29. The maximum Gasteiger partial charge on any atom is 0.326 e. The van der Waals surface area contributed by atoms with E-state index in [4.69, 9.17) is 5.73 Å². The number of urea groups is 1. The van der Waals surface area contributed by atoms with Gasteiger partial charge in [0.1, 0.15) is 12.1 Å². The van der Waals surface area contributed by atoms with E-state index in [0.29, 0.717) is 44.1 Å². The van der Waals surface area contributed by atoms with Crippen molar-refractivity contribution in [3.05, 3.63) is 0 Å². The number of nitrogens with two attached hydrogens (primary N) is 1. The van der Waals surface area contributed by atoms with Crippen LogP contribution in [-0.4, -0.2) is 47.7 Å². The van der Waals surface area contributed by atoms with Crippen molar-refractivity contribution >= 4 is 17.9 Å². The Morgan fingerprint density at radius 2 is 1.63 bits per heavy atom. The summed E-state index contributed by atoms with van der Waals surface area (Å²) in [5, 5.41) is 17.7. The van der Waals surface area contributed by atoms with Crippen molar-refractivity contribution in [2.24, 2.45) is 17.6 Å². The van der Waals surface area contributed by atoms with E-state index in [0.717, 1.165) is 32.1 Å². The van der Waals surface area contributed by atoms with Gasteiger partial charge in [0.2, 0.25) is 5.91 Å². The lowest BCUT2D eigenvalue weighted by molar-refractivity contribution is -0.139. The maximum atomic E-state index is 12.9. The Bertz CT molecular complexity index is 537. The first-order valence-corrected chi connectivity index (χ1v) is 11.6. The van der Waals surface area contributed by atoms with Crippen molar-refractivity contribution < 1.29 is 19.5 Å². The van der Waals surface area contributed by atoms with Gasteiger partial charge in [0, 0.05) is 6.04 Å². The van der Waals surface area contributed by atoms with Crippen LogP contribution in [-0.2, 0) is 9.59 Å². The minimum absolute atomic E-state index is 0.00393. The van der Waals surface area contributed by atoms with E-state index in [1.54, 1.807) is 0 Å². The van der Waals surface area contributed by atoms with Gasteiger partial charge in [0.25, 0.3) is 0 Å². The average Bonchev–Trinajstić information content (AvgIpc) is 2.72. The lowest BCUT2D eigenvalue weighted by Crippen LogP contribution is -2.55. The van der Waals surface area contributed by atoms with Crippen molar-refractivity contribution in [2.75, 3.05) is 6.54 Å². The summed E-state index contributed by atoms with van der Waals surface area (Å²) in [6.45, 7) is 6.62. The zero-order valence-corrected chi connectivity index (χ0v) is 18.9. The van der Waals surface area contributed by atoms with Crippen molar-refractivity contribution in [3.63, 3.8) is 0 Å². The molecule has 0 spiro atoms. The molecule has 1 saturated carbocycles. The standard InChI is InChI=1S/C22H42N4O4/c1-4-15(2)16(3)24-20(27)19(14-17-10-6-5-7-11-17)26-22(30)25-18(21(28)29)12-8-9-13-23/h15-19H,4-14,23H2,1-3H3,(H,24,27)(H,28,29)(H2,25,26,30)/t15?,16-,18+,19?/m1/s1. The van der Waals surface area contributed by atoms with Crippen LogP contribution < -0.4 is 21.7 Å². The van der Waals surface area contributed by atoms with E-state index >= 15 is 0 Å². The molecule has 1 rings (SSSR count). The van der Waals surface area contributed by atoms with Gasteiger partial charge in [-0.3, -0.25) is 4.79 Å². The fraction of sp³-hybridized carbons (Fsp3) is 0.864. The van der Waals surface area contributed by atoms with E-state index in [2.05, 4.69) is 29.8 Å². The predicted octanol–water partition coefficient (Wildman–Crippen LogP) is 2.76. The van der Waals surface area contributed by atoms with Crippen LogP contribution in [0.15, 0.2) is 0 Å². The molecule has 0 bridgehead atoms. The molecule has 1 aliphatic carbocycles. The molecular formula is C22H42N4O4. The fourth-order valence-electron chi connectivity index (χ4n) is 3.92. The van der Waals surface area contributed by atoms with Gasteiger partial charge in [-0.2, -0.15) is 0 Å². The van der Waals surface area contributed by atoms with E-state index in [9.17, 15) is 19.5 Å². The van der Waals surface area contributed by atoms with Crippen LogP contribution in [0.2, 0.25) is 0 Å². The number of nitrogens with one attached hydrogen (secondary N) is 3. The number of hydrogen-bond acceptors (Lipinski definition) is 4. The number of aliphatic carboxylic acids is 1. The molecule has 1 fully saturated rings. The molecule has 0 aromatic rings. The van der Waals surface area contributed by atoms with Gasteiger partial charge in [-0.15, -0.1) is 0 Å². The smallest absolute Gasteiger partial charge is 0.326 e. The van der Waals surface area contributed by atoms with Gasteiger partial charge in [-0.1, -0.05) is 52.4 Å². The molecule has 30 heavy (non-hydrogen) atoms. The molecule has 1 aliphatic rings. The Labute approximate surface area is 181 Å². The molecule has 8 heteroatoms. The third-order valence-electron chi connectivity index (χ3n) is 6.33. The number of unbranched alkanes of at least 4 members (excludes halogenated alkanes) is 1. The Morgan fingerprint density at radius 3 is 2.20 bits per heavy atom. The predicted molar refractivity (Wildman–Crippen MR) is 118 cm³/mol. The molecule has 8 nitrogen and oxygen atoms in total. The van der Waals surface area contributed by atoms with Gasteiger partial charge < -0.3 is 26.8 Å². The quantitative estimate of drug-likeness (QED) is 0.289. The molecule has 2 unspecified atom stereocenters. The SMILES string of the molecule is CCC(C)[C@@H](C)NC(=O)C(CC1CCCCC1)NC(=O)N[C@@H](CCCCN)C(=O)O. The van der Waals surface area contributed by atoms with Gasteiger partial charge in [0.05, 0.1) is 0 Å². The minimum Gasteiger partial charge on any atom is -0.480 e. The van der Waals surface area contributed by atoms with Crippen molar-refractivity contribution in [1.82, 2.24) is 16.0 Å². The van der Waals surface area contributed by atoms with Gasteiger partial charge in [-0.05, 0) is 51.0 Å². The molecule has 3 amide bonds. The summed E-state index contributed by atoms with van der Waals surface area (Å²) >= 11 is 0. The molecule has 0 aromatic heterocycles. The normalized spacial score (nSPS) is 18.7. The van der Waals surface area contributed by atoms with Crippen LogP contribution in [0.4, 0.5) is 4.79 Å². The first-order valence-electron chi connectivity index (χ1n) is 11.6. The summed E-state index contributed by atoms with van der Waals surface area (Å²) in [7, 11) is 0. The van der Waals surface area contributed by atoms with Crippen LogP contribution in [0.5, 0.6) is 0 Å². The topological polar surface area (TPSA) is 134 Å². The van der Waals surface area contributed by atoms with E-state index in [1.807, 2.05) is 6.92 Å². The molecule has 0 aromatic carbocycles. The van der Waals surface area contributed by atoms with Crippen LogP contribution in [0.1, 0.15) is 85.0 Å². The van der Waals surface area contributed by atoms with Crippen molar-refractivity contribution in [1.29, 1.82) is 0 Å². The minimum atomic E-state index is -1.08. The molecule has 174 valence electrons. The first kappa shape index (κ1) is 26.2. The summed E-state index contributed by atoms with van der Waals surface area (Å²) in [5.74, 6) is -0.551. The molecular weight excluding hydrogens is 384 g/mol. The molecule has 0 radical (unpaired) electrons. The molecule has 0 heterocycles. The third kappa shape index (κ3) is 9.78. The van der Waals surface area contributed by atoms with E-state index < -0.39 is 24.1 Å². The highest BCUT2D eigenvalue weighted by molar-refractivity contribution is 5.88. The summed E-state index contributed by atoms with van der Waals surface area (Å²) in [6, 6.07) is -2.27. The first-order chi connectivity index (χ1) is 14.3. The Hall–Kier alpha value is -1.83. The number of carboxylic acid groups (broad SMARTS) is 1. The van der Waals surface area contributed by atoms with Crippen LogP contribution in [0, 0.1) is 11.8 Å². The number of carbonyl (C=O) groups excluding carboxylic acids is 2. The zero-order chi connectivity index (χ0) is 22.5. The van der Waals surface area contributed by atoms with Crippen molar-refractivity contribution in [2.45, 2.75) is 103 Å². The summed E-state index contributed by atoms with van der Waals surface area (Å²) in [5.41, 5.74) is 5.46. The van der Waals surface area contributed by atoms with Gasteiger partial charge in [0.15, 0.2) is 0 Å². The third-order valence-corrected chi connectivity index (χ3v) is 6.33. The highest BCUT2D eigenvalue weighted by Crippen LogP contribution is 2.27. The maximum absolute atomic E-state index is 12.9. The average molecular weight is 427 g/mol. The second kappa shape index (κ2) is 14.2. The molecule has 0 aliphatic heterocycles. The summed E-state index contributed by atoms with van der Waals surface area (Å²) < 4.78 is 0. The lowest BCUT2D eigenvalue weighted by atomic mass is 9.84. The van der Waals surface area contributed by atoms with E-state index in [1.165, 1.54) is 6.42 Å². The van der Waals surface area contributed by atoms with Crippen LogP contribution in [0.3, 0.4) is 0 Å².